The van der Waals surface area contributed by atoms with E-state index in [0.717, 1.165) is 12.3 Å². The van der Waals surface area contributed by atoms with Gasteiger partial charge in [-0.3, -0.25) is 4.98 Å². The molecule has 0 aromatic carbocycles. The molecule has 15 heavy (non-hydrogen) atoms. The Morgan fingerprint density at radius 2 is 1.93 bits per heavy atom. The van der Waals surface area contributed by atoms with Crippen LogP contribution in [0.15, 0.2) is 12.3 Å². The minimum absolute atomic E-state index is 0.256. The molecule has 7 heteroatoms. The van der Waals surface area contributed by atoms with Crippen molar-refractivity contribution in [1.82, 2.24) is 4.98 Å². The number of rotatable bonds is 2. The molecule has 1 aromatic rings. The molecule has 1 nitrogen and oxygen atoms in total. The molecule has 0 atom stereocenters. The Morgan fingerprint density at radius 1 is 1.33 bits per heavy atom. The van der Waals surface area contributed by atoms with Crippen molar-refractivity contribution in [3.8, 4) is 0 Å². The lowest BCUT2D eigenvalue weighted by molar-refractivity contribution is -0.143. The third-order valence-electron chi connectivity index (χ3n) is 1.71. The van der Waals surface area contributed by atoms with Crippen LogP contribution in [0, 0.1) is 0 Å². The molecule has 0 aliphatic heterocycles. The highest BCUT2D eigenvalue weighted by molar-refractivity contribution is 6.17. The Kier molecular flexibility index (Phi) is 3.49. The molecule has 0 saturated carbocycles. The third kappa shape index (κ3) is 2.56. The molecule has 1 heterocycles. The number of halogens is 6. The number of pyridine rings is 1. The van der Waals surface area contributed by atoms with E-state index in [1.165, 1.54) is 0 Å². The summed E-state index contributed by atoms with van der Waals surface area (Å²) in [6, 6.07) is 1.05. The van der Waals surface area contributed by atoms with Crippen LogP contribution in [0.25, 0.3) is 0 Å². The second-order valence-electron chi connectivity index (χ2n) is 2.66. The maximum atomic E-state index is 12.4. The summed E-state index contributed by atoms with van der Waals surface area (Å²) in [6.45, 7) is 0. The summed E-state index contributed by atoms with van der Waals surface area (Å²) in [6.07, 6.45) is -7.33. The van der Waals surface area contributed by atoms with E-state index in [1.807, 2.05) is 0 Å². The lowest BCUT2D eigenvalue weighted by Gasteiger charge is -2.13. The lowest BCUT2D eigenvalue weighted by Crippen LogP contribution is -2.14. The van der Waals surface area contributed by atoms with Gasteiger partial charge in [0.25, 0.3) is 6.43 Å². The molecule has 84 valence electrons. The van der Waals surface area contributed by atoms with Crippen LogP contribution < -0.4 is 0 Å². The van der Waals surface area contributed by atoms with Gasteiger partial charge in [-0.05, 0) is 11.6 Å². The van der Waals surface area contributed by atoms with E-state index in [1.54, 1.807) is 0 Å². The average molecular weight is 246 g/mol. The van der Waals surface area contributed by atoms with Gasteiger partial charge in [-0.15, -0.1) is 11.6 Å². The molecule has 0 aliphatic rings. The fourth-order valence-electron chi connectivity index (χ4n) is 1.10. The van der Waals surface area contributed by atoms with Crippen molar-refractivity contribution >= 4 is 11.6 Å². The molecule has 1 rings (SSSR count). The zero-order valence-corrected chi connectivity index (χ0v) is 7.91. The lowest BCUT2D eigenvalue weighted by atomic mass is 10.1. The molecular formula is C8H5ClF5N. The van der Waals surface area contributed by atoms with Crippen LogP contribution in [0.1, 0.15) is 23.2 Å². The van der Waals surface area contributed by atoms with Gasteiger partial charge in [0.05, 0.1) is 5.56 Å². The van der Waals surface area contributed by atoms with E-state index in [4.69, 9.17) is 11.6 Å². The first kappa shape index (κ1) is 12.2. The summed E-state index contributed by atoms with van der Waals surface area (Å²) in [5.74, 6) is -0.411. The molecule has 0 saturated heterocycles. The smallest absolute Gasteiger partial charge is 0.251 e. The van der Waals surface area contributed by atoms with Crippen LogP contribution in [0.4, 0.5) is 22.0 Å². The van der Waals surface area contributed by atoms with Gasteiger partial charge in [-0.25, -0.2) is 8.78 Å². The summed E-state index contributed by atoms with van der Waals surface area (Å²) in [5.41, 5.74) is -2.97. The topological polar surface area (TPSA) is 12.9 Å². The molecule has 0 unspecified atom stereocenters. The van der Waals surface area contributed by atoms with Crippen molar-refractivity contribution < 1.29 is 22.0 Å². The van der Waals surface area contributed by atoms with Gasteiger partial charge in [-0.2, -0.15) is 13.2 Å². The Balaban J connectivity index is 3.39. The van der Waals surface area contributed by atoms with Crippen molar-refractivity contribution in [2.75, 3.05) is 0 Å². The maximum absolute atomic E-state index is 12.4. The Labute approximate surface area is 86.9 Å². The molecule has 1 aromatic heterocycles. The Hall–Kier alpha value is -0.910. The minimum Gasteiger partial charge on any atom is -0.251 e. The van der Waals surface area contributed by atoms with Crippen molar-refractivity contribution in [1.29, 1.82) is 0 Å². The second-order valence-corrected chi connectivity index (χ2v) is 2.93. The largest absolute Gasteiger partial charge is 0.433 e. The zero-order chi connectivity index (χ0) is 11.6. The highest BCUT2D eigenvalue weighted by atomic mass is 35.5. The van der Waals surface area contributed by atoms with Gasteiger partial charge in [0, 0.05) is 12.1 Å². The van der Waals surface area contributed by atoms with E-state index in [0.29, 0.717) is 0 Å². The second kappa shape index (κ2) is 4.30. The summed E-state index contributed by atoms with van der Waals surface area (Å²) < 4.78 is 61.7. The van der Waals surface area contributed by atoms with Crippen LogP contribution >= 0.6 is 11.6 Å². The van der Waals surface area contributed by atoms with Gasteiger partial charge in [0.2, 0.25) is 0 Å². The summed E-state index contributed by atoms with van der Waals surface area (Å²) in [5, 5.41) is 0. The third-order valence-corrected chi connectivity index (χ3v) is 2.00. The number of hydrogen-bond donors (Lipinski definition) is 0. The van der Waals surface area contributed by atoms with E-state index in [9.17, 15) is 22.0 Å². The van der Waals surface area contributed by atoms with Crippen LogP contribution in [0.5, 0.6) is 0 Å². The van der Waals surface area contributed by atoms with Gasteiger partial charge in [-0.1, -0.05) is 0 Å². The standard InChI is InChI=1S/C8H5ClF5N/c9-3-4-1-2-15-6(8(12,13)14)5(4)7(10)11/h1-2,7H,3H2. The quantitative estimate of drug-likeness (QED) is 0.571. The number of alkyl halides is 6. The van der Waals surface area contributed by atoms with Crippen LogP contribution in [-0.2, 0) is 12.1 Å². The highest BCUT2D eigenvalue weighted by Crippen LogP contribution is 2.36. The van der Waals surface area contributed by atoms with Crippen molar-refractivity contribution in [2.24, 2.45) is 0 Å². The molecule has 0 radical (unpaired) electrons. The van der Waals surface area contributed by atoms with Gasteiger partial charge < -0.3 is 0 Å². The summed E-state index contributed by atoms with van der Waals surface area (Å²) >= 11 is 5.27. The van der Waals surface area contributed by atoms with E-state index < -0.39 is 29.7 Å². The molecule has 0 spiro atoms. The van der Waals surface area contributed by atoms with Crippen LogP contribution in [0.2, 0.25) is 0 Å². The maximum Gasteiger partial charge on any atom is 0.433 e. The van der Waals surface area contributed by atoms with Gasteiger partial charge >= 0.3 is 6.18 Å². The van der Waals surface area contributed by atoms with E-state index in [2.05, 4.69) is 4.98 Å². The van der Waals surface area contributed by atoms with Gasteiger partial charge in [0.1, 0.15) is 0 Å². The number of hydrogen-bond acceptors (Lipinski definition) is 1. The predicted molar refractivity (Wildman–Crippen MR) is 43.8 cm³/mol. The Morgan fingerprint density at radius 3 is 2.33 bits per heavy atom. The summed E-state index contributed by atoms with van der Waals surface area (Å²) in [7, 11) is 0. The van der Waals surface area contributed by atoms with Crippen LogP contribution in [-0.4, -0.2) is 4.98 Å². The molecular weight excluding hydrogens is 241 g/mol. The van der Waals surface area contributed by atoms with E-state index in [-0.39, 0.29) is 5.56 Å². The first-order valence-corrected chi connectivity index (χ1v) is 4.30. The minimum atomic E-state index is -4.90. The highest BCUT2D eigenvalue weighted by Gasteiger charge is 2.38. The first-order chi connectivity index (χ1) is 6.88. The monoisotopic (exact) mass is 245 g/mol. The first-order valence-electron chi connectivity index (χ1n) is 3.77. The molecule has 0 aliphatic carbocycles. The van der Waals surface area contributed by atoms with Gasteiger partial charge in [0.15, 0.2) is 5.69 Å². The van der Waals surface area contributed by atoms with Crippen LogP contribution in [0.3, 0.4) is 0 Å². The number of nitrogens with zero attached hydrogens (tertiary/aromatic N) is 1. The fraction of sp³-hybridized carbons (Fsp3) is 0.375. The Bertz CT molecular complexity index is 349. The molecule has 0 bridgehead atoms. The SMILES string of the molecule is FC(F)c1c(CCl)ccnc1C(F)(F)F. The fourth-order valence-corrected chi connectivity index (χ4v) is 1.33. The number of aromatic nitrogens is 1. The zero-order valence-electron chi connectivity index (χ0n) is 7.15. The average Bonchev–Trinajstić information content (AvgIpc) is 2.15. The molecule has 0 amide bonds. The summed E-state index contributed by atoms with van der Waals surface area (Å²) in [4.78, 5) is 2.92. The normalized spacial score (nSPS) is 12.2. The molecule has 0 N–H and O–H groups in total. The predicted octanol–water partition coefficient (Wildman–Crippen LogP) is 3.78. The van der Waals surface area contributed by atoms with Crippen molar-refractivity contribution in [3.05, 3.63) is 29.1 Å². The van der Waals surface area contributed by atoms with E-state index >= 15 is 0 Å². The molecule has 0 fully saturated rings. The van der Waals surface area contributed by atoms with Crippen molar-refractivity contribution in [2.45, 2.75) is 18.5 Å². The van der Waals surface area contributed by atoms with Crippen molar-refractivity contribution in [3.63, 3.8) is 0 Å².